The van der Waals surface area contributed by atoms with Gasteiger partial charge in [0.25, 0.3) is 0 Å². The van der Waals surface area contributed by atoms with E-state index in [0.29, 0.717) is 6.04 Å². The molecule has 1 aromatic rings. The minimum absolute atomic E-state index is 0.0507. The summed E-state index contributed by atoms with van der Waals surface area (Å²) in [6.45, 7) is 5.96. The molecule has 94 valence electrons. The highest BCUT2D eigenvalue weighted by molar-refractivity contribution is 7.09. The molecule has 2 aliphatic rings. The fourth-order valence-corrected chi connectivity index (χ4v) is 2.66. The number of ether oxygens (including phenoxy) is 1. The Hall–Kier alpha value is -0.720. The van der Waals surface area contributed by atoms with Gasteiger partial charge in [0, 0.05) is 30.7 Å². The maximum absolute atomic E-state index is 5.74. The first kappa shape index (κ1) is 11.4. The average Bonchev–Trinajstić information content (AvgIpc) is 3.05. The fraction of sp³-hybridized carbons (Fsp3) is 0.818. The van der Waals surface area contributed by atoms with E-state index in [-0.39, 0.29) is 6.10 Å². The summed E-state index contributed by atoms with van der Waals surface area (Å²) in [5.41, 5.74) is 0. The molecule has 1 saturated heterocycles. The Morgan fingerprint density at radius 1 is 1.53 bits per heavy atom. The molecule has 1 aliphatic carbocycles. The number of hydrogen-bond donors (Lipinski definition) is 1. The van der Waals surface area contributed by atoms with Crippen molar-refractivity contribution in [1.29, 1.82) is 0 Å². The first-order valence-electron chi connectivity index (χ1n) is 6.29. The van der Waals surface area contributed by atoms with Crippen LogP contribution in [0.5, 0.6) is 0 Å². The molecule has 6 heteroatoms. The largest absolute Gasteiger partial charge is 0.367 e. The molecular weight excluding hydrogens is 236 g/mol. The van der Waals surface area contributed by atoms with Crippen LogP contribution in [0, 0.1) is 0 Å². The van der Waals surface area contributed by atoms with E-state index in [4.69, 9.17) is 4.74 Å². The molecule has 2 fully saturated rings. The quantitative estimate of drug-likeness (QED) is 0.882. The lowest BCUT2D eigenvalue weighted by atomic mass is 10.2. The number of nitrogens with one attached hydrogen (secondary N) is 1. The molecule has 0 amide bonds. The first-order chi connectivity index (χ1) is 8.35. The molecule has 1 aromatic heterocycles. The summed E-state index contributed by atoms with van der Waals surface area (Å²) in [5.74, 6) is 0.844. The molecule has 2 heterocycles. The zero-order valence-corrected chi connectivity index (χ0v) is 10.9. The standard InChI is InChI=1S/C11H18N4OS/c1-2-15-5-6-16-9(7-15)10-13-11(17-14-10)12-8-3-4-8/h8-9H,2-7H2,1H3,(H,12,13,14). The zero-order chi connectivity index (χ0) is 11.7. The lowest BCUT2D eigenvalue weighted by molar-refractivity contribution is -0.0319. The van der Waals surface area contributed by atoms with Crippen LogP contribution in [0.2, 0.25) is 0 Å². The number of nitrogens with zero attached hydrogens (tertiary/aromatic N) is 3. The van der Waals surface area contributed by atoms with E-state index < -0.39 is 0 Å². The minimum Gasteiger partial charge on any atom is -0.367 e. The van der Waals surface area contributed by atoms with Crippen molar-refractivity contribution < 1.29 is 4.74 Å². The number of rotatable bonds is 4. The Balaban J connectivity index is 1.63. The van der Waals surface area contributed by atoms with E-state index in [0.717, 1.165) is 37.2 Å². The van der Waals surface area contributed by atoms with Crippen LogP contribution < -0.4 is 5.32 Å². The molecule has 0 bridgehead atoms. The number of aromatic nitrogens is 2. The van der Waals surface area contributed by atoms with E-state index >= 15 is 0 Å². The number of anilines is 1. The van der Waals surface area contributed by atoms with Gasteiger partial charge in [0.05, 0.1) is 6.61 Å². The van der Waals surface area contributed by atoms with Crippen LogP contribution in [0.15, 0.2) is 0 Å². The highest BCUT2D eigenvalue weighted by atomic mass is 32.1. The summed E-state index contributed by atoms with van der Waals surface area (Å²) < 4.78 is 10.1. The zero-order valence-electron chi connectivity index (χ0n) is 10.1. The molecule has 1 unspecified atom stereocenters. The second-order valence-electron chi connectivity index (χ2n) is 4.63. The topological polar surface area (TPSA) is 50.3 Å². The summed E-state index contributed by atoms with van der Waals surface area (Å²) in [5, 5.41) is 4.32. The van der Waals surface area contributed by atoms with Crippen LogP contribution in [0.4, 0.5) is 5.13 Å². The lowest BCUT2D eigenvalue weighted by Gasteiger charge is -2.30. The SMILES string of the molecule is CCN1CCOC(c2nsc(NC3CC3)n2)C1. The predicted molar refractivity (Wildman–Crippen MR) is 67.4 cm³/mol. The van der Waals surface area contributed by atoms with Gasteiger partial charge in [-0.2, -0.15) is 4.37 Å². The van der Waals surface area contributed by atoms with Gasteiger partial charge in [-0.15, -0.1) is 0 Å². The highest BCUT2D eigenvalue weighted by Crippen LogP contribution is 2.28. The second kappa shape index (κ2) is 4.88. The van der Waals surface area contributed by atoms with Gasteiger partial charge in [0.1, 0.15) is 6.10 Å². The maximum atomic E-state index is 5.74. The maximum Gasteiger partial charge on any atom is 0.202 e. The van der Waals surface area contributed by atoms with Crippen molar-refractivity contribution in [2.75, 3.05) is 31.6 Å². The Morgan fingerprint density at radius 3 is 3.18 bits per heavy atom. The van der Waals surface area contributed by atoms with Gasteiger partial charge in [-0.05, 0) is 19.4 Å². The van der Waals surface area contributed by atoms with Crippen molar-refractivity contribution in [2.24, 2.45) is 0 Å². The summed E-state index contributed by atoms with van der Waals surface area (Å²) >= 11 is 1.45. The van der Waals surface area contributed by atoms with E-state index in [1.54, 1.807) is 0 Å². The first-order valence-corrected chi connectivity index (χ1v) is 7.06. The van der Waals surface area contributed by atoms with Crippen molar-refractivity contribution in [1.82, 2.24) is 14.3 Å². The smallest absolute Gasteiger partial charge is 0.202 e. The third kappa shape index (κ3) is 2.75. The van der Waals surface area contributed by atoms with E-state index in [1.165, 1.54) is 24.4 Å². The van der Waals surface area contributed by atoms with Crippen LogP contribution in [-0.2, 0) is 4.74 Å². The Morgan fingerprint density at radius 2 is 2.41 bits per heavy atom. The van der Waals surface area contributed by atoms with Gasteiger partial charge in [-0.3, -0.25) is 4.90 Å². The van der Waals surface area contributed by atoms with Crippen molar-refractivity contribution in [3.05, 3.63) is 5.82 Å². The predicted octanol–water partition coefficient (Wildman–Crippen LogP) is 1.51. The molecular formula is C11H18N4OS. The van der Waals surface area contributed by atoms with Crippen molar-refractivity contribution in [3.8, 4) is 0 Å². The summed E-state index contributed by atoms with van der Waals surface area (Å²) in [6, 6.07) is 0.634. The van der Waals surface area contributed by atoms with Crippen molar-refractivity contribution in [2.45, 2.75) is 31.9 Å². The molecule has 0 aromatic carbocycles. The third-order valence-corrected chi connectivity index (χ3v) is 3.89. The van der Waals surface area contributed by atoms with E-state index in [9.17, 15) is 0 Å². The Kier molecular flexibility index (Phi) is 3.26. The highest BCUT2D eigenvalue weighted by Gasteiger charge is 2.26. The normalized spacial score (nSPS) is 26.1. The second-order valence-corrected chi connectivity index (χ2v) is 5.38. The summed E-state index contributed by atoms with van der Waals surface area (Å²) in [4.78, 5) is 6.91. The van der Waals surface area contributed by atoms with Gasteiger partial charge in [-0.1, -0.05) is 6.92 Å². The monoisotopic (exact) mass is 254 g/mol. The van der Waals surface area contributed by atoms with Crippen LogP contribution in [0.25, 0.3) is 0 Å². The van der Waals surface area contributed by atoms with Gasteiger partial charge >= 0.3 is 0 Å². The molecule has 0 radical (unpaired) electrons. The molecule has 1 aliphatic heterocycles. The van der Waals surface area contributed by atoms with Crippen molar-refractivity contribution in [3.63, 3.8) is 0 Å². The third-order valence-electron chi connectivity index (χ3n) is 3.23. The van der Waals surface area contributed by atoms with Crippen LogP contribution in [-0.4, -0.2) is 46.5 Å². The van der Waals surface area contributed by atoms with Crippen LogP contribution in [0.1, 0.15) is 31.7 Å². The molecule has 1 atom stereocenters. The van der Waals surface area contributed by atoms with Crippen LogP contribution >= 0.6 is 11.5 Å². The number of likely N-dealkylation sites (N-methyl/N-ethyl adjacent to an activating group) is 1. The molecule has 1 N–H and O–H groups in total. The number of hydrogen-bond acceptors (Lipinski definition) is 6. The molecule has 5 nitrogen and oxygen atoms in total. The Bertz CT molecular complexity index is 379. The number of morpholine rings is 1. The molecule has 17 heavy (non-hydrogen) atoms. The van der Waals surface area contributed by atoms with Gasteiger partial charge in [-0.25, -0.2) is 4.98 Å². The van der Waals surface area contributed by atoms with E-state index in [1.807, 2.05) is 0 Å². The molecule has 0 spiro atoms. The minimum atomic E-state index is 0.0507. The van der Waals surface area contributed by atoms with E-state index in [2.05, 4.69) is 26.5 Å². The summed E-state index contributed by atoms with van der Waals surface area (Å²) in [6.07, 6.45) is 2.58. The summed E-state index contributed by atoms with van der Waals surface area (Å²) in [7, 11) is 0. The van der Waals surface area contributed by atoms with Gasteiger partial charge in [0.15, 0.2) is 5.82 Å². The fourth-order valence-electron chi connectivity index (χ4n) is 1.97. The van der Waals surface area contributed by atoms with Gasteiger partial charge in [0.2, 0.25) is 5.13 Å². The average molecular weight is 254 g/mol. The van der Waals surface area contributed by atoms with Gasteiger partial charge < -0.3 is 10.1 Å². The van der Waals surface area contributed by atoms with Crippen molar-refractivity contribution >= 4 is 16.7 Å². The Labute approximate surface area is 105 Å². The van der Waals surface area contributed by atoms with Crippen LogP contribution in [0.3, 0.4) is 0 Å². The molecule has 1 saturated carbocycles. The lowest BCUT2D eigenvalue weighted by Crippen LogP contribution is -2.38. The molecule has 3 rings (SSSR count).